The molecule has 0 aromatic heterocycles. The fourth-order valence-electron chi connectivity index (χ4n) is 2.97. The van der Waals surface area contributed by atoms with Crippen LogP contribution in [0.2, 0.25) is 0 Å². The van der Waals surface area contributed by atoms with Crippen molar-refractivity contribution < 1.29 is 28.5 Å². The van der Waals surface area contributed by atoms with E-state index in [1.165, 1.54) is 33.3 Å². The zero-order valence-corrected chi connectivity index (χ0v) is 15.0. The third-order valence-electron chi connectivity index (χ3n) is 4.24. The minimum Gasteiger partial charge on any atom is -0.497 e. The zero-order valence-electron chi connectivity index (χ0n) is 15.0. The summed E-state index contributed by atoms with van der Waals surface area (Å²) in [6.07, 6.45) is 0. The van der Waals surface area contributed by atoms with Crippen molar-refractivity contribution in [2.24, 2.45) is 0 Å². The maximum absolute atomic E-state index is 12.4. The molecule has 0 radical (unpaired) electrons. The Morgan fingerprint density at radius 2 is 1.50 bits per heavy atom. The van der Waals surface area contributed by atoms with Gasteiger partial charge in [-0.2, -0.15) is 0 Å². The smallest absolute Gasteiger partial charge is 0.299 e. The Balaban J connectivity index is 2.00. The van der Waals surface area contributed by atoms with Crippen LogP contribution in [0.25, 0.3) is 0 Å². The average Bonchev–Trinajstić information content (AvgIpc) is 2.91. The number of carbonyl (C=O) groups excluding carboxylic acids is 2. The van der Waals surface area contributed by atoms with Gasteiger partial charge in [-0.15, -0.1) is 0 Å². The zero-order chi connectivity index (χ0) is 18.8. The maximum Gasteiger partial charge on any atom is 0.299 e. The van der Waals surface area contributed by atoms with Gasteiger partial charge >= 0.3 is 0 Å². The fraction of sp³-hybridized carbons (Fsp3) is 0.263. The molecule has 1 heterocycles. The summed E-state index contributed by atoms with van der Waals surface area (Å²) in [5, 5.41) is 0. The highest BCUT2D eigenvalue weighted by Gasteiger charge is 2.36. The monoisotopic (exact) mass is 357 g/mol. The second-order valence-electron chi connectivity index (χ2n) is 5.64. The second kappa shape index (κ2) is 6.95. The van der Waals surface area contributed by atoms with Gasteiger partial charge in [0.2, 0.25) is 5.75 Å². The molecule has 1 aliphatic heterocycles. The van der Waals surface area contributed by atoms with Crippen LogP contribution in [0.3, 0.4) is 0 Å². The summed E-state index contributed by atoms with van der Waals surface area (Å²) in [6.45, 7) is 0.195. The Kier molecular flexibility index (Phi) is 4.71. The molecule has 0 N–H and O–H groups in total. The molecule has 3 rings (SSSR count). The van der Waals surface area contributed by atoms with Crippen molar-refractivity contribution in [1.29, 1.82) is 0 Å². The number of carbonyl (C=O) groups is 2. The molecular formula is C19H19NO6. The highest BCUT2D eigenvalue weighted by molar-refractivity contribution is 6.52. The van der Waals surface area contributed by atoms with E-state index in [0.717, 1.165) is 5.56 Å². The lowest BCUT2D eigenvalue weighted by atomic mass is 10.1. The maximum atomic E-state index is 12.4. The number of Topliss-reactive ketones (excluding diaryl/α,β-unsaturated/α-hetero) is 1. The normalized spacial score (nSPS) is 12.8. The average molecular weight is 357 g/mol. The minimum atomic E-state index is -0.581. The Hall–Kier alpha value is -3.22. The van der Waals surface area contributed by atoms with Crippen LogP contribution in [0.15, 0.2) is 30.3 Å². The van der Waals surface area contributed by atoms with E-state index in [2.05, 4.69) is 0 Å². The largest absolute Gasteiger partial charge is 0.497 e. The van der Waals surface area contributed by atoms with E-state index >= 15 is 0 Å². The van der Waals surface area contributed by atoms with Crippen molar-refractivity contribution in [2.45, 2.75) is 6.54 Å². The summed E-state index contributed by atoms with van der Waals surface area (Å²) in [5.74, 6) is 0.824. The highest BCUT2D eigenvalue weighted by Crippen LogP contribution is 2.40. The Morgan fingerprint density at radius 1 is 0.846 bits per heavy atom. The number of amides is 1. The van der Waals surface area contributed by atoms with Gasteiger partial charge in [-0.3, -0.25) is 9.59 Å². The van der Waals surface area contributed by atoms with Crippen LogP contribution in [0.5, 0.6) is 23.0 Å². The first kappa shape index (κ1) is 17.6. The number of ether oxygens (including phenoxy) is 4. The molecule has 1 aliphatic rings. The van der Waals surface area contributed by atoms with Crippen molar-refractivity contribution in [3.63, 3.8) is 0 Å². The van der Waals surface area contributed by atoms with Crippen LogP contribution in [-0.2, 0) is 11.3 Å². The molecule has 136 valence electrons. The number of hydrogen-bond donors (Lipinski definition) is 0. The quantitative estimate of drug-likeness (QED) is 0.740. The molecule has 0 bridgehead atoms. The Bertz CT molecular complexity index is 851. The fourth-order valence-corrected chi connectivity index (χ4v) is 2.97. The topological polar surface area (TPSA) is 74.3 Å². The number of fused-ring (bicyclic) bond motifs is 1. The molecule has 7 nitrogen and oxygen atoms in total. The Labute approximate surface area is 151 Å². The summed E-state index contributed by atoms with van der Waals surface area (Å²) in [5.41, 5.74) is 1.63. The van der Waals surface area contributed by atoms with Crippen molar-refractivity contribution >= 4 is 17.4 Å². The summed E-state index contributed by atoms with van der Waals surface area (Å²) in [6, 6.07) is 8.49. The lowest BCUT2D eigenvalue weighted by molar-refractivity contribution is -0.114. The van der Waals surface area contributed by atoms with Crippen LogP contribution in [0.1, 0.15) is 15.9 Å². The van der Waals surface area contributed by atoms with E-state index in [4.69, 9.17) is 18.9 Å². The molecule has 7 heteroatoms. The van der Waals surface area contributed by atoms with Crippen molar-refractivity contribution in [1.82, 2.24) is 0 Å². The van der Waals surface area contributed by atoms with Gasteiger partial charge in [0.05, 0.1) is 46.2 Å². The highest BCUT2D eigenvalue weighted by atomic mass is 16.5. The molecule has 0 saturated carbocycles. The van der Waals surface area contributed by atoms with Gasteiger partial charge in [-0.05, 0) is 35.9 Å². The van der Waals surface area contributed by atoms with E-state index < -0.39 is 11.7 Å². The third-order valence-corrected chi connectivity index (χ3v) is 4.24. The van der Waals surface area contributed by atoms with Crippen LogP contribution < -0.4 is 23.8 Å². The first-order valence-corrected chi connectivity index (χ1v) is 7.87. The van der Waals surface area contributed by atoms with Gasteiger partial charge < -0.3 is 23.8 Å². The third kappa shape index (κ3) is 2.81. The van der Waals surface area contributed by atoms with Crippen molar-refractivity contribution in [3.8, 4) is 23.0 Å². The number of nitrogens with zero attached hydrogens (tertiary/aromatic N) is 1. The van der Waals surface area contributed by atoms with E-state index in [-0.39, 0.29) is 6.54 Å². The predicted octanol–water partition coefficient (Wildman–Crippen LogP) is 2.45. The van der Waals surface area contributed by atoms with Gasteiger partial charge in [0.25, 0.3) is 11.7 Å². The van der Waals surface area contributed by atoms with Gasteiger partial charge in [0.1, 0.15) is 5.75 Å². The standard InChI is InChI=1S/C19H19NO6/c1-23-12-5-6-14-13(9-12)17(21)19(22)20(14)10-11-7-15(24-2)18(26-4)16(8-11)25-3/h5-9H,10H2,1-4H3. The first-order chi connectivity index (χ1) is 12.5. The molecule has 0 spiro atoms. The molecule has 26 heavy (non-hydrogen) atoms. The molecule has 0 aliphatic carbocycles. The van der Waals surface area contributed by atoms with E-state index in [0.29, 0.717) is 34.2 Å². The molecular weight excluding hydrogens is 338 g/mol. The van der Waals surface area contributed by atoms with Gasteiger partial charge in [0.15, 0.2) is 11.5 Å². The Morgan fingerprint density at radius 3 is 2.04 bits per heavy atom. The second-order valence-corrected chi connectivity index (χ2v) is 5.64. The molecule has 0 fully saturated rings. The minimum absolute atomic E-state index is 0.195. The number of rotatable bonds is 6. The number of benzene rings is 2. The summed E-state index contributed by atoms with van der Waals surface area (Å²) in [7, 11) is 6.07. The number of anilines is 1. The molecule has 0 atom stereocenters. The molecule has 0 unspecified atom stereocenters. The number of hydrogen-bond acceptors (Lipinski definition) is 6. The summed E-state index contributed by atoms with van der Waals surface area (Å²) in [4.78, 5) is 26.2. The van der Waals surface area contributed by atoms with Crippen LogP contribution in [-0.4, -0.2) is 40.1 Å². The molecule has 0 saturated heterocycles. The molecule has 2 aromatic carbocycles. The van der Waals surface area contributed by atoms with Gasteiger partial charge in [-0.25, -0.2) is 0 Å². The van der Waals surface area contributed by atoms with Crippen molar-refractivity contribution in [2.75, 3.05) is 33.3 Å². The first-order valence-electron chi connectivity index (χ1n) is 7.87. The molecule has 2 aromatic rings. The van der Waals surface area contributed by atoms with Crippen LogP contribution in [0, 0.1) is 0 Å². The van der Waals surface area contributed by atoms with Crippen LogP contribution in [0.4, 0.5) is 5.69 Å². The predicted molar refractivity (Wildman–Crippen MR) is 94.6 cm³/mol. The number of ketones is 1. The summed E-state index contributed by atoms with van der Waals surface area (Å²) >= 11 is 0. The van der Waals surface area contributed by atoms with Gasteiger partial charge in [-0.1, -0.05) is 0 Å². The van der Waals surface area contributed by atoms with Crippen molar-refractivity contribution in [3.05, 3.63) is 41.5 Å². The van der Waals surface area contributed by atoms with E-state index in [1.54, 1.807) is 30.3 Å². The van der Waals surface area contributed by atoms with Gasteiger partial charge in [0, 0.05) is 0 Å². The summed E-state index contributed by atoms with van der Waals surface area (Å²) < 4.78 is 21.1. The van der Waals surface area contributed by atoms with Crippen LogP contribution >= 0.6 is 0 Å². The lowest BCUT2D eigenvalue weighted by Crippen LogP contribution is -2.29. The van der Waals surface area contributed by atoms with E-state index in [1.807, 2.05) is 0 Å². The molecule has 1 amide bonds. The lowest BCUT2D eigenvalue weighted by Gasteiger charge is -2.19. The number of methoxy groups -OCH3 is 4. The van der Waals surface area contributed by atoms with E-state index in [9.17, 15) is 9.59 Å². The SMILES string of the molecule is COc1ccc2c(c1)C(=O)C(=O)N2Cc1cc(OC)c(OC)c(OC)c1.